The molecule has 124 valence electrons. The van der Waals surface area contributed by atoms with E-state index in [1.165, 1.54) is 6.07 Å². The molecule has 1 fully saturated rings. The maximum atomic E-state index is 11.1. The molecule has 0 aromatic heterocycles. The Morgan fingerprint density at radius 1 is 1.39 bits per heavy atom. The molecule has 0 aliphatic carbocycles. The second kappa shape index (κ2) is 7.90. The Hall–Kier alpha value is -2.17. The molecule has 2 rings (SSSR count). The van der Waals surface area contributed by atoms with Crippen LogP contribution < -0.4 is 5.32 Å². The molecule has 0 bridgehead atoms. The van der Waals surface area contributed by atoms with Gasteiger partial charge in [0.25, 0.3) is 5.69 Å². The second-order valence-electron chi connectivity index (χ2n) is 5.80. The molecular formula is C16H23N5O2. The van der Waals surface area contributed by atoms with E-state index in [1.807, 2.05) is 6.07 Å². The van der Waals surface area contributed by atoms with Gasteiger partial charge in [0, 0.05) is 44.8 Å². The van der Waals surface area contributed by atoms with Gasteiger partial charge in [-0.1, -0.05) is 6.92 Å². The van der Waals surface area contributed by atoms with Gasteiger partial charge in [0.05, 0.1) is 16.6 Å². The third-order valence-electron chi connectivity index (χ3n) is 4.39. The van der Waals surface area contributed by atoms with E-state index in [2.05, 4.69) is 29.0 Å². The average molecular weight is 317 g/mol. The van der Waals surface area contributed by atoms with Gasteiger partial charge in [-0.3, -0.25) is 15.0 Å². The maximum Gasteiger partial charge on any atom is 0.293 e. The summed E-state index contributed by atoms with van der Waals surface area (Å²) >= 11 is 0. The molecule has 1 aliphatic heterocycles. The first-order valence-electron chi connectivity index (χ1n) is 7.94. The number of benzene rings is 1. The van der Waals surface area contributed by atoms with E-state index in [4.69, 9.17) is 5.26 Å². The summed E-state index contributed by atoms with van der Waals surface area (Å²) in [6.07, 6.45) is 0. The zero-order valence-electron chi connectivity index (χ0n) is 13.7. The Labute approximate surface area is 136 Å². The summed E-state index contributed by atoms with van der Waals surface area (Å²) in [6.45, 7) is 10.2. The number of piperazine rings is 1. The number of hydrogen-bond donors (Lipinski definition) is 1. The van der Waals surface area contributed by atoms with Crippen molar-refractivity contribution in [2.24, 2.45) is 0 Å². The van der Waals surface area contributed by atoms with Crippen molar-refractivity contribution in [1.82, 2.24) is 9.80 Å². The van der Waals surface area contributed by atoms with E-state index in [-0.39, 0.29) is 5.69 Å². The number of nitro groups is 1. The SMILES string of the molecule is CCN1CCN(C(C)CNc2ccc(C#N)cc2[N+](=O)[O-])CC1. The van der Waals surface area contributed by atoms with Crippen LogP contribution in [0.3, 0.4) is 0 Å². The van der Waals surface area contributed by atoms with Crippen molar-refractivity contribution in [3.05, 3.63) is 33.9 Å². The smallest absolute Gasteiger partial charge is 0.293 e. The van der Waals surface area contributed by atoms with Crippen molar-refractivity contribution in [1.29, 1.82) is 5.26 Å². The molecule has 0 amide bonds. The fourth-order valence-corrected chi connectivity index (χ4v) is 2.81. The molecule has 7 nitrogen and oxygen atoms in total. The summed E-state index contributed by atoms with van der Waals surface area (Å²) < 4.78 is 0. The third-order valence-corrected chi connectivity index (χ3v) is 4.39. The lowest BCUT2D eigenvalue weighted by molar-refractivity contribution is -0.384. The lowest BCUT2D eigenvalue weighted by Crippen LogP contribution is -2.51. The summed E-state index contributed by atoms with van der Waals surface area (Å²) in [6, 6.07) is 6.75. The monoisotopic (exact) mass is 317 g/mol. The van der Waals surface area contributed by atoms with Crippen LogP contribution in [0.5, 0.6) is 0 Å². The van der Waals surface area contributed by atoms with E-state index < -0.39 is 4.92 Å². The average Bonchev–Trinajstić information content (AvgIpc) is 2.59. The molecular weight excluding hydrogens is 294 g/mol. The summed E-state index contributed by atoms with van der Waals surface area (Å²) in [4.78, 5) is 15.5. The van der Waals surface area contributed by atoms with E-state index in [0.29, 0.717) is 23.8 Å². The third kappa shape index (κ3) is 4.41. The first-order valence-corrected chi connectivity index (χ1v) is 7.94. The van der Waals surface area contributed by atoms with Crippen LogP contribution in [0.25, 0.3) is 0 Å². The largest absolute Gasteiger partial charge is 0.378 e. The summed E-state index contributed by atoms with van der Waals surface area (Å²) in [5.74, 6) is 0. The minimum atomic E-state index is -0.451. The Morgan fingerprint density at radius 2 is 2.09 bits per heavy atom. The van der Waals surface area contributed by atoms with Crippen molar-refractivity contribution >= 4 is 11.4 Å². The number of likely N-dealkylation sites (N-methyl/N-ethyl adjacent to an activating group) is 1. The van der Waals surface area contributed by atoms with Crippen LogP contribution in [0.15, 0.2) is 18.2 Å². The van der Waals surface area contributed by atoms with Gasteiger partial charge in [-0.2, -0.15) is 5.26 Å². The van der Waals surface area contributed by atoms with Gasteiger partial charge in [-0.15, -0.1) is 0 Å². The van der Waals surface area contributed by atoms with Crippen LogP contribution in [0, 0.1) is 21.4 Å². The van der Waals surface area contributed by atoms with E-state index in [0.717, 1.165) is 32.7 Å². The van der Waals surface area contributed by atoms with Crippen molar-refractivity contribution in [3.8, 4) is 6.07 Å². The Kier molecular flexibility index (Phi) is 5.90. The summed E-state index contributed by atoms with van der Waals surface area (Å²) in [5.41, 5.74) is 0.714. The number of hydrogen-bond acceptors (Lipinski definition) is 6. The van der Waals surface area contributed by atoms with Crippen LogP contribution in [-0.2, 0) is 0 Å². The predicted molar refractivity (Wildman–Crippen MR) is 89.5 cm³/mol. The molecule has 1 aromatic rings. The first kappa shape index (κ1) is 17.2. The molecule has 1 unspecified atom stereocenters. The van der Waals surface area contributed by atoms with Crippen molar-refractivity contribution < 1.29 is 4.92 Å². The highest BCUT2D eigenvalue weighted by Gasteiger charge is 2.21. The quantitative estimate of drug-likeness (QED) is 0.637. The number of nitrogens with one attached hydrogen (secondary N) is 1. The highest BCUT2D eigenvalue weighted by molar-refractivity contribution is 5.64. The van der Waals surface area contributed by atoms with Crippen molar-refractivity contribution in [2.45, 2.75) is 19.9 Å². The van der Waals surface area contributed by atoms with Crippen molar-refractivity contribution in [2.75, 3.05) is 44.6 Å². The van der Waals surface area contributed by atoms with Gasteiger partial charge in [-0.25, -0.2) is 0 Å². The molecule has 1 N–H and O–H groups in total. The van der Waals surface area contributed by atoms with Gasteiger partial charge < -0.3 is 10.2 Å². The molecule has 1 heterocycles. The molecule has 0 spiro atoms. The highest BCUT2D eigenvalue weighted by Crippen LogP contribution is 2.25. The predicted octanol–water partition coefficient (Wildman–Crippen LogP) is 1.90. The van der Waals surface area contributed by atoms with Crippen LogP contribution in [-0.4, -0.2) is 60.0 Å². The second-order valence-corrected chi connectivity index (χ2v) is 5.80. The van der Waals surface area contributed by atoms with Crippen LogP contribution in [0.2, 0.25) is 0 Å². The molecule has 0 radical (unpaired) electrons. The summed E-state index contributed by atoms with van der Waals surface area (Å²) in [5, 5.41) is 23.2. The molecule has 0 saturated carbocycles. The standard InChI is InChI=1S/C16H23N5O2/c1-3-19-6-8-20(9-7-19)13(2)12-18-15-5-4-14(11-17)10-16(15)21(22)23/h4-5,10,13,18H,3,6-9,12H2,1-2H3. The fraction of sp³-hybridized carbons (Fsp3) is 0.562. The van der Waals surface area contributed by atoms with Gasteiger partial charge in [0.1, 0.15) is 5.69 Å². The van der Waals surface area contributed by atoms with E-state index >= 15 is 0 Å². The van der Waals surface area contributed by atoms with Crippen molar-refractivity contribution in [3.63, 3.8) is 0 Å². The molecule has 1 saturated heterocycles. The van der Waals surface area contributed by atoms with Gasteiger partial charge >= 0.3 is 0 Å². The summed E-state index contributed by atoms with van der Waals surface area (Å²) in [7, 11) is 0. The van der Waals surface area contributed by atoms with Crippen LogP contribution >= 0.6 is 0 Å². The minimum absolute atomic E-state index is 0.0490. The number of rotatable bonds is 6. The number of nitriles is 1. The Morgan fingerprint density at radius 3 is 2.65 bits per heavy atom. The topological polar surface area (TPSA) is 85.4 Å². The number of nitro benzene ring substituents is 1. The number of nitrogens with zero attached hydrogens (tertiary/aromatic N) is 4. The molecule has 1 atom stereocenters. The maximum absolute atomic E-state index is 11.1. The zero-order valence-corrected chi connectivity index (χ0v) is 13.7. The lowest BCUT2D eigenvalue weighted by Gasteiger charge is -2.37. The van der Waals surface area contributed by atoms with Gasteiger partial charge in [0.15, 0.2) is 0 Å². The van der Waals surface area contributed by atoms with Crippen LogP contribution in [0.1, 0.15) is 19.4 Å². The zero-order chi connectivity index (χ0) is 16.8. The minimum Gasteiger partial charge on any atom is -0.378 e. The Bertz CT molecular complexity index is 591. The van der Waals surface area contributed by atoms with Gasteiger partial charge in [0.2, 0.25) is 0 Å². The van der Waals surface area contributed by atoms with E-state index in [9.17, 15) is 10.1 Å². The van der Waals surface area contributed by atoms with E-state index in [1.54, 1.807) is 12.1 Å². The lowest BCUT2D eigenvalue weighted by atomic mass is 10.1. The normalized spacial score (nSPS) is 17.4. The Balaban J connectivity index is 1.95. The van der Waals surface area contributed by atoms with Gasteiger partial charge in [-0.05, 0) is 25.6 Å². The fourth-order valence-electron chi connectivity index (χ4n) is 2.81. The first-order chi connectivity index (χ1) is 11.0. The van der Waals surface area contributed by atoms with Crippen LogP contribution in [0.4, 0.5) is 11.4 Å². The molecule has 1 aromatic carbocycles. The molecule has 7 heteroatoms. The number of anilines is 1. The highest BCUT2D eigenvalue weighted by atomic mass is 16.6. The molecule has 1 aliphatic rings. The molecule has 23 heavy (non-hydrogen) atoms.